The third-order valence-corrected chi connectivity index (χ3v) is 3.27. The first-order valence-electron chi connectivity index (χ1n) is 6.61. The Morgan fingerprint density at radius 2 is 2.00 bits per heavy atom. The Labute approximate surface area is 125 Å². The van der Waals surface area contributed by atoms with E-state index in [0.717, 1.165) is 16.8 Å². The van der Waals surface area contributed by atoms with E-state index < -0.39 is 0 Å². The van der Waals surface area contributed by atoms with Crippen molar-refractivity contribution in [3.63, 3.8) is 0 Å². The molecule has 108 valence electrons. The number of rotatable bonds is 3. The summed E-state index contributed by atoms with van der Waals surface area (Å²) in [4.78, 5) is 12.7. The van der Waals surface area contributed by atoms with Crippen molar-refractivity contribution in [2.75, 3.05) is 7.11 Å². The summed E-state index contributed by atoms with van der Waals surface area (Å²) in [5.41, 5.74) is 2.42. The van der Waals surface area contributed by atoms with Crippen LogP contribution in [0.25, 0.3) is 28.5 Å². The number of nitrogens with zero attached hydrogens (tertiary/aromatic N) is 5. The molecule has 0 saturated heterocycles. The van der Waals surface area contributed by atoms with Crippen LogP contribution in [-0.4, -0.2) is 31.6 Å². The minimum atomic E-state index is 0.441. The second kappa shape index (κ2) is 4.96. The van der Waals surface area contributed by atoms with Crippen LogP contribution in [0.3, 0.4) is 0 Å². The van der Waals surface area contributed by atoms with Gasteiger partial charge in [-0.05, 0) is 18.2 Å². The van der Waals surface area contributed by atoms with Crippen molar-refractivity contribution in [2.24, 2.45) is 0 Å². The van der Waals surface area contributed by atoms with E-state index in [-0.39, 0.29) is 0 Å². The second-order valence-electron chi connectivity index (χ2n) is 4.62. The topological polar surface area (TPSA) is 78.3 Å². The number of methoxy groups -OCH3 is 1. The molecule has 0 aliphatic heterocycles. The third kappa shape index (κ3) is 2.08. The average molecular weight is 293 g/mol. The van der Waals surface area contributed by atoms with Gasteiger partial charge in [0.2, 0.25) is 11.7 Å². The molecule has 0 saturated carbocycles. The van der Waals surface area contributed by atoms with Crippen molar-refractivity contribution in [3.8, 4) is 28.7 Å². The number of aromatic nitrogens is 5. The lowest BCUT2D eigenvalue weighted by Gasteiger charge is -1.98. The fourth-order valence-electron chi connectivity index (χ4n) is 2.16. The van der Waals surface area contributed by atoms with Gasteiger partial charge in [0.25, 0.3) is 5.89 Å². The van der Waals surface area contributed by atoms with Gasteiger partial charge in [-0.3, -0.25) is 0 Å². The molecule has 0 radical (unpaired) electrons. The SMILES string of the molecule is COc1cc(-c2noc(-c3ccn4ccnc4c3)n2)ccn1. The lowest BCUT2D eigenvalue weighted by Crippen LogP contribution is -1.88. The van der Waals surface area contributed by atoms with Crippen LogP contribution in [0.2, 0.25) is 0 Å². The molecule has 4 aromatic rings. The maximum atomic E-state index is 5.34. The van der Waals surface area contributed by atoms with Crippen molar-refractivity contribution in [2.45, 2.75) is 0 Å². The summed E-state index contributed by atoms with van der Waals surface area (Å²) in [6.45, 7) is 0. The summed E-state index contributed by atoms with van der Waals surface area (Å²) in [5.74, 6) is 1.43. The monoisotopic (exact) mass is 293 g/mol. The highest BCUT2D eigenvalue weighted by Crippen LogP contribution is 2.24. The van der Waals surface area contributed by atoms with E-state index in [1.807, 2.05) is 28.9 Å². The molecule has 0 unspecified atom stereocenters. The van der Waals surface area contributed by atoms with Crippen LogP contribution in [-0.2, 0) is 0 Å². The van der Waals surface area contributed by atoms with E-state index in [9.17, 15) is 0 Å². The van der Waals surface area contributed by atoms with E-state index in [4.69, 9.17) is 9.26 Å². The molecule has 0 atom stereocenters. The molecule has 0 bridgehead atoms. The van der Waals surface area contributed by atoms with Gasteiger partial charge in [0.05, 0.1) is 7.11 Å². The maximum Gasteiger partial charge on any atom is 0.258 e. The number of ether oxygens (including phenoxy) is 1. The Kier molecular flexibility index (Phi) is 2.82. The molecular formula is C15H11N5O2. The summed E-state index contributed by atoms with van der Waals surface area (Å²) in [6, 6.07) is 7.35. The maximum absolute atomic E-state index is 5.34. The Balaban J connectivity index is 1.73. The van der Waals surface area contributed by atoms with Crippen molar-refractivity contribution in [1.82, 2.24) is 24.5 Å². The fraction of sp³-hybridized carbons (Fsp3) is 0.0667. The zero-order valence-electron chi connectivity index (χ0n) is 11.7. The summed E-state index contributed by atoms with van der Waals surface area (Å²) in [6.07, 6.45) is 7.15. The molecular weight excluding hydrogens is 282 g/mol. The van der Waals surface area contributed by atoms with Gasteiger partial charge in [0.15, 0.2) is 0 Å². The first-order valence-corrected chi connectivity index (χ1v) is 6.61. The molecule has 22 heavy (non-hydrogen) atoms. The minimum Gasteiger partial charge on any atom is -0.481 e. The Morgan fingerprint density at radius 3 is 2.91 bits per heavy atom. The molecule has 4 heterocycles. The Hall–Kier alpha value is -3.22. The predicted octanol–water partition coefficient (Wildman–Crippen LogP) is 2.45. The van der Waals surface area contributed by atoms with Crippen molar-refractivity contribution < 1.29 is 9.26 Å². The Bertz CT molecular complexity index is 944. The zero-order chi connectivity index (χ0) is 14.9. The summed E-state index contributed by atoms with van der Waals surface area (Å²) in [5, 5.41) is 4.01. The van der Waals surface area contributed by atoms with E-state index >= 15 is 0 Å². The summed E-state index contributed by atoms with van der Waals surface area (Å²) < 4.78 is 12.4. The molecule has 0 N–H and O–H groups in total. The zero-order valence-corrected chi connectivity index (χ0v) is 11.7. The van der Waals surface area contributed by atoms with E-state index in [1.165, 1.54) is 0 Å². The number of imidazole rings is 1. The summed E-state index contributed by atoms with van der Waals surface area (Å²) >= 11 is 0. The van der Waals surface area contributed by atoms with E-state index in [0.29, 0.717) is 17.6 Å². The molecule has 0 aromatic carbocycles. The third-order valence-electron chi connectivity index (χ3n) is 3.27. The lowest BCUT2D eigenvalue weighted by atomic mass is 10.2. The van der Waals surface area contributed by atoms with Gasteiger partial charge in [-0.15, -0.1) is 0 Å². The average Bonchev–Trinajstić information content (AvgIpc) is 3.23. The molecule has 0 amide bonds. The predicted molar refractivity (Wildman–Crippen MR) is 78.3 cm³/mol. The van der Waals surface area contributed by atoms with Gasteiger partial charge in [0, 0.05) is 42.0 Å². The fourth-order valence-corrected chi connectivity index (χ4v) is 2.16. The van der Waals surface area contributed by atoms with Crippen LogP contribution >= 0.6 is 0 Å². The van der Waals surface area contributed by atoms with Crippen molar-refractivity contribution in [1.29, 1.82) is 0 Å². The van der Waals surface area contributed by atoms with Gasteiger partial charge in [0.1, 0.15) is 5.65 Å². The molecule has 0 fully saturated rings. The highest BCUT2D eigenvalue weighted by Gasteiger charge is 2.12. The number of hydrogen-bond donors (Lipinski definition) is 0. The van der Waals surface area contributed by atoms with Crippen LogP contribution in [0.15, 0.2) is 53.6 Å². The van der Waals surface area contributed by atoms with Crippen LogP contribution in [0.5, 0.6) is 5.88 Å². The van der Waals surface area contributed by atoms with Gasteiger partial charge in [-0.2, -0.15) is 4.98 Å². The molecule has 7 heteroatoms. The normalized spacial score (nSPS) is 11.0. The largest absolute Gasteiger partial charge is 0.481 e. The molecule has 0 aliphatic rings. The molecule has 0 aliphatic carbocycles. The standard InChI is InChI=1S/C15H11N5O2/c1-21-13-9-10(2-4-17-13)14-18-15(22-19-14)11-3-6-20-7-5-16-12(20)8-11/h2-9H,1H3. The molecule has 4 rings (SSSR count). The van der Waals surface area contributed by atoms with Gasteiger partial charge >= 0.3 is 0 Å². The van der Waals surface area contributed by atoms with Crippen molar-refractivity contribution >= 4 is 5.65 Å². The quantitative estimate of drug-likeness (QED) is 0.577. The minimum absolute atomic E-state index is 0.441. The van der Waals surface area contributed by atoms with Crippen LogP contribution in [0.1, 0.15) is 0 Å². The number of fused-ring (bicyclic) bond motifs is 1. The van der Waals surface area contributed by atoms with Gasteiger partial charge in [-0.25, -0.2) is 9.97 Å². The van der Waals surface area contributed by atoms with Gasteiger partial charge < -0.3 is 13.7 Å². The Morgan fingerprint density at radius 1 is 1.05 bits per heavy atom. The molecule has 0 spiro atoms. The highest BCUT2D eigenvalue weighted by atomic mass is 16.5. The van der Waals surface area contributed by atoms with E-state index in [1.54, 1.807) is 31.6 Å². The molecule has 7 nitrogen and oxygen atoms in total. The smallest absolute Gasteiger partial charge is 0.258 e. The highest BCUT2D eigenvalue weighted by molar-refractivity contribution is 5.63. The van der Waals surface area contributed by atoms with Crippen LogP contribution in [0, 0.1) is 0 Å². The van der Waals surface area contributed by atoms with E-state index in [2.05, 4.69) is 20.1 Å². The number of pyridine rings is 2. The summed E-state index contributed by atoms with van der Waals surface area (Å²) in [7, 11) is 1.56. The first kappa shape index (κ1) is 12.5. The van der Waals surface area contributed by atoms with Crippen LogP contribution < -0.4 is 4.74 Å². The number of hydrogen-bond acceptors (Lipinski definition) is 6. The van der Waals surface area contributed by atoms with Gasteiger partial charge in [-0.1, -0.05) is 5.16 Å². The lowest BCUT2D eigenvalue weighted by molar-refractivity contribution is 0.398. The first-order chi connectivity index (χ1) is 10.8. The van der Waals surface area contributed by atoms with Crippen molar-refractivity contribution in [3.05, 3.63) is 49.1 Å². The molecule has 4 aromatic heterocycles. The second-order valence-corrected chi connectivity index (χ2v) is 4.62. The van der Waals surface area contributed by atoms with Crippen LogP contribution in [0.4, 0.5) is 0 Å².